The van der Waals surface area contributed by atoms with Crippen LogP contribution in [0.1, 0.15) is 332 Å². The lowest BCUT2D eigenvalue weighted by Gasteiger charge is -2.43. The van der Waals surface area contributed by atoms with Crippen LogP contribution in [0.3, 0.4) is 0 Å². The van der Waals surface area contributed by atoms with Gasteiger partial charge in [-0.2, -0.15) is 9.59 Å². The highest BCUT2D eigenvalue weighted by molar-refractivity contribution is 7.93. The zero-order valence-electron chi connectivity index (χ0n) is 79.5. The van der Waals surface area contributed by atoms with Crippen LogP contribution in [0.2, 0.25) is 0 Å². The van der Waals surface area contributed by atoms with Crippen molar-refractivity contribution in [1.82, 2.24) is 0 Å². The number of hydrogen-bond acceptors (Lipinski definition) is 14. The summed E-state index contributed by atoms with van der Waals surface area (Å²) in [6, 6.07) is 46.3. The van der Waals surface area contributed by atoms with Crippen LogP contribution in [0.5, 0.6) is 5.75 Å². The van der Waals surface area contributed by atoms with Gasteiger partial charge in [-0.25, -0.2) is 33.7 Å². The standard InChI is InChI=1S/3C27H37NO3S.C22H28O3S.CO2/c1-17(2)25(19(4)29)20-9-11-21(12-10-20)28-32(30,31)24-16-23-22(15-18(24)3)26(5,6)13-14-27(23,7)8;1-8-27(9-2,20(5)29)21-10-12-22(13-11-21)28-32(30,31)25-17-24-23(16-19(25)4)18(3)14-15-26(24,6)7;1-8-27(9-2,19(3)29)20-10-12-21(13-11-20)28-32(30,31)22-14-15-23-24(18-22)26(6,7)17-16-25(23,4)5;1-15-7-9-17(10-8-15)13-26(23,24)18-11-16(2)20-19(12-18)21(3,4)14-22(5,6)25-20;2-1-3/h9-12,15-17,25,28H,13-14H2,1-8H3;10-13,16-18,28H,8-9,14-15H2,1-7H3;10-15,18,28H,8-9,16-17H2,1-7H3;7-12H,13-14H2,1-6H3;. The molecule has 2 atom stereocenters. The number of nitrogens with one attached hydrogen (secondary N) is 3. The number of benzene rings is 8. The minimum absolute atomic E-state index is 0.0122. The van der Waals surface area contributed by atoms with Crippen molar-refractivity contribution in [3.05, 3.63) is 235 Å². The number of sulfone groups is 1. The average molecular weight is 1780 g/mol. The van der Waals surface area contributed by atoms with Crippen molar-refractivity contribution in [1.29, 1.82) is 0 Å². The Labute approximate surface area is 749 Å². The number of ketones is 3. The summed E-state index contributed by atoms with van der Waals surface area (Å²) in [5, 5.41) is 0. The Morgan fingerprint density at radius 3 is 1.25 bits per heavy atom. The van der Waals surface area contributed by atoms with Gasteiger partial charge >= 0.3 is 6.15 Å². The van der Waals surface area contributed by atoms with Crippen molar-refractivity contribution < 1.29 is 62.4 Å². The highest BCUT2D eigenvalue weighted by Crippen LogP contribution is 2.52. The SMILES string of the molecule is CC(=O)C(c1ccc(NS(=O)(=O)c2cc3c(cc2C)C(C)(C)CCC3(C)C)cc1)C(C)C.CCC(CC)(C(C)=O)c1ccc(NS(=O)(=O)c2cc3c(cc2C)C(C)CCC3(C)C)cc1.CCC(CC)(C(C)=O)c1ccc(NS(=O)(=O)c2ccc3c(c2)C(C)(C)CCC3(C)C)cc1.Cc1ccc(CS(=O)(=O)c2cc(C)c3c(c2)C(C)(C)CC(C)(C)O3)cc1.O=C=O. The van der Waals surface area contributed by atoms with Crippen LogP contribution in [0.25, 0.3) is 0 Å². The second kappa shape index (κ2) is 38.2. The molecule has 3 aliphatic carbocycles. The lowest BCUT2D eigenvalue weighted by Crippen LogP contribution is -2.41. The van der Waals surface area contributed by atoms with Gasteiger partial charge in [-0.3, -0.25) is 28.5 Å². The van der Waals surface area contributed by atoms with Gasteiger partial charge in [0.05, 0.1) is 36.2 Å². The number of sulfonamides is 3. The van der Waals surface area contributed by atoms with Crippen LogP contribution in [-0.2, 0) is 113 Å². The Kier molecular flexibility index (Phi) is 31.0. The molecule has 1 aliphatic heterocycles. The predicted molar refractivity (Wildman–Crippen MR) is 507 cm³/mol. The third kappa shape index (κ3) is 22.6. The molecule has 3 N–H and O–H groups in total. The van der Waals surface area contributed by atoms with Gasteiger partial charge in [0.15, 0.2) is 9.84 Å². The van der Waals surface area contributed by atoms with Crippen molar-refractivity contribution in [3.63, 3.8) is 0 Å². The number of hydrogen-bond donors (Lipinski definition) is 3. The number of fused-ring (bicyclic) bond motifs is 4. The van der Waals surface area contributed by atoms with Crippen molar-refractivity contribution in [2.24, 2.45) is 5.92 Å². The Balaban J connectivity index is 0.000000205. The molecule has 0 fully saturated rings. The van der Waals surface area contributed by atoms with E-state index in [9.17, 15) is 48.1 Å². The van der Waals surface area contributed by atoms with E-state index < -0.39 is 50.7 Å². The van der Waals surface area contributed by atoms with Crippen LogP contribution in [-0.4, -0.2) is 62.8 Å². The molecule has 17 nitrogen and oxygen atoms in total. The molecule has 4 aliphatic rings. The number of rotatable bonds is 23. The Morgan fingerprint density at radius 2 is 0.824 bits per heavy atom. The fourth-order valence-corrected chi connectivity index (χ4v) is 24.7. The molecule has 12 rings (SSSR count). The third-order valence-electron chi connectivity index (χ3n) is 27.5. The fraction of sp³-hybridized carbons (Fsp3) is 0.500. The largest absolute Gasteiger partial charge is 0.487 e. The molecule has 8 aromatic carbocycles. The first-order chi connectivity index (χ1) is 57.6. The Bertz CT molecular complexity index is 5800. The summed E-state index contributed by atoms with van der Waals surface area (Å²) in [6.07, 6.45) is 10.3. The molecule has 0 aromatic heterocycles. The molecule has 125 heavy (non-hydrogen) atoms. The summed E-state index contributed by atoms with van der Waals surface area (Å²) >= 11 is 0. The number of anilines is 3. The minimum Gasteiger partial charge on any atom is -0.487 e. The van der Waals surface area contributed by atoms with E-state index in [1.54, 1.807) is 69.3 Å². The molecule has 0 bridgehead atoms. The summed E-state index contributed by atoms with van der Waals surface area (Å²) in [7, 11) is -14.6. The van der Waals surface area contributed by atoms with E-state index in [-0.39, 0.29) is 84.1 Å². The summed E-state index contributed by atoms with van der Waals surface area (Å²) in [5.74, 6) is 1.66. The zero-order valence-corrected chi connectivity index (χ0v) is 82.8. The van der Waals surface area contributed by atoms with Crippen molar-refractivity contribution in [3.8, 4) is 5.75 Å². The van der Waals surface area contributed by atoms with Crippen molar-refractivity contribution >= 4 is 80.5 Å². The first-order valence-electron chi connectivity index (χ1n) is 44.1. The number of carbonyl (C=O) groups is 3. The van der Waals surface area contributed by atoms with Crippen molar-refractivity contribution in [2.45, 2.75) is 351 Å². The van der Waals surface area contributed by atoms with Crippen LogP contribution in [0.4, 0.5) is 17.1 Å². The molecular formula is C104H139N3O14S4. The zero-order chi connectivity index (χ0) is 93.9. The fourth-order valence-electron chi connectivity index (χ4n) is 19.5. The van der Waals surface area contributed by atoms with Gasteiger partial charge in [-0.15, -0.1) is 0 Å². The molecule has 678 valence electrons. The second-order valence-corrected chi connectivity index (χ2v) is 47.4. The van der Waals surface area contributed by atoms with Crippen LogP contribution in [0.15, 0.2) is 171 Å². The normalized spacial score (nSPS) is 17.6. The van der Waals surface area contributed by atoms with E-state index in [2.05, 4.69) is 130 Å². The highest BCUT2D eigenvalue weighted by Gasteiger charge is 2.44. The maximum absolute atomic E-state index is 13.4. The summed E-state index contributed by atoms with van der Waals surface area (Å²) in [4.78, 5) is 54.3. The Morgan fingerprint density at radius 1 is 0.440 bits per heavy atom. The van der Waals surface area contributed by atoms with E-state index in [4.69, 9.17) is 14.3 Å². The van der Waals surface area contributed by atoms with Gasteiger partial charge in [0.2, 0.25) is 0 Å². The molecule has 0 amide bonds. The molecule has 0 saturated carbocycles. The molecule has 1 heterocycles. The van der Waals surface area contributed by atoms with Gasteiger partial charge in [-0.1, -0.05) is 216 Å². The number of carbonyl (C=O) groups excluding carboxylic acids is 5. The maximum Gasteiger partial charge on any atom is 0.373 e. The van der Waals surface area contributed by atoms with Crippen LogP contribution < -0.4 is 18.9 Å². The Hall–Kier alpha value is -8.85. The summed E-state index contributed by atoms with van der Waals surface area (Å²) in [6.45, 7) is 57.4. The second-order valence-electron chi connectivity index (χ2n) is 40.4. The van der Waals surface area contributed by atoms with Gasteiger partial charge in [0.1, 0.15) is 28.7 Å². The quantitative estimate of drug-likeness (QED) is 0.0538. The van der Waals surface area contributed by atoms with E-state index in [0.717, 1.165) is 117 Å². The average Bonchev–Trinajstić information content (AvgIpc) is 0.754. The topological polar surface area (TPSA) is 267 Å². The van der Waals surface area contributed by atoms with Crippen LogP contribution in [0, 0.1) is 33.6 Å². The minimum atomic E-state index is -3.75. The van der Waals surface area contributed by atoms with Gasteiger partial charge in [0, 0.05) is 28.5 Å². The molecule has 0 saturated heterocycles. The van der Waals surface area contributed by atoms with Gasteiger partial charge < -0.3 is 4.74 Å². The maximum atomic E-state index is 13.4. The molecule has 0 spiro atoms. The summed E-state index contributed by atoms with van der Waals surface area (Å²) < 4.78 is 120. The molecule has 21 heteroatoms. The van der Waals surface area contributed by atoms with E-state index in [0.29, 0.717) is 63.3 Å². The number of Topliss-reactive ketones (excluding diaryl/α,β-unsaturated/α-hetero) is 3. The molecule has 2 unspecified atom stereocenters. The van der Waals surface area contributed by atoms with E-state index in [1.807, 2.05) is 160 Å². The molecular weight excluding hydrogens is 1640 g/mol. The first kappa shape index (κ1) is 102. The van der Waals surface area contributed by atoms with Crippen LogP contribution >= 0.6 is 0 Å². The monoisotopic (exact) mass is 1780 g/mol. The highest BCUT2D eigenvalue weighted by atomic mass is 32.2. The van der Waals surface area contributed by atoms with E-state index >= 15 is 0 Å². The number of ether oxygens (including phenoxy) is 1. The number of aryl methyl sites for hydroxylation is 4. The smallest absolute Gasteiger partial charge is 0.373 e. The van der Waals surface area contributed by atoms with Gasteiger partial charge in [-0.05, 0) is 322 Å². The third-order valence-corrected chi connectivity index (χ3v) is 33.6. The van der Waals surface area contributed by atoms with Gasteiger partial charge in [0.25, 0.3) is 30.1 Å². The summed E-state index contributed by atoms with van der Waals surface area (Å²) in [5.41, 5.74) is 15.2. The lowest BCUT2D eigenvalue weighted by atomic mass is 9.63. The predicted octanol–water partition coefficient (Wildman–Crippen LogP) is 24.1. The molecule has 0 radical (unpaired) electrons. The lowest BCUT2D eigenvalue weighted by molar-refractivity contribution is -0.191. The van der Waals surface area contributed by atoms with E-state index in [1.165, 1.54) is 16.7 Å². The van der Waals surface area contributed by atoms with Crippen molar-refractivity contribution in [2.75, 3.05) is 14.2 Å². The molecule has 8 aromatic rings. The first-order valence-corrected chi connectivity index (χ1v) is 50.2.